The Morgan fingerprint density at radius 1 is 1.09 bits per heavy atom. The van der Waals surface area contributed by atoms with E-state index in [1.807, 2.05) is 27.7 Å². The maximum Gasteiger partial charge on any atom is 0.294 e. The van der Waals surface area contributed by atoms with E-state index in [0.29, 0.717) is 39.2 Å². The number of nitrogens with two attached hydrogens (primary N) is 2. The first-order chi connectivity index (χ1) is 19.3. The number of hydrogen-bond acceptors (Lipinski definition) is 8. The highest BCUT2D eigenvalue weighted by atomic mass is 35.5. The maximum absolute atomic E-state index is 13.5. The van der Waals surface area contributed by atoms with E-state index in [9.17, 15) is 19.5 Å². The van der Waals surface area contributed by atoms with Gasteiger partial charge in [-0.25, -0.2) is 4.98 Å². The number of halogens is 2. The molecule has 14 heteroatoms. The van der Waals surface area contributed by atoms with Crippen LogP contribution < -0.4 is 33.0 Å². The van der Waals surface area contributed by atoms with Crippen molar-refractivity contribution in [3.8, 4) is 17.0 Å². The highest BCUT2D eigenvalue weighted by molar-refractivity contribution is 5.97. The van der Waals surface area contributed by atoms with E-state index in [1.54, 1.807) is 31.2 Å². The van der Waals surface area contributed by atoms with Crippen molar-refractivity contribution in [1.29, 1.82) is 5.41 Å². The molecule has 242 valence electrons. The zero-order chi connectivity index (χ0) is 30.4. The molecule has 1 aromatic heterocycles. The molecule has 1 heterocycles. The molecule has 0 saturated heterocycles. The Morgan fingerprint density at radius 2 is 1.75 bits per heavy atom. The lowest BCUT2D eigenvalue weighted by Gasteiger charge is -2.18. The fourth-order valence-corrected chi connectivity index (χ4v) is 4.16. The number of phenolic OH excluding ortho intramolecular Hbond substituents is 1. The summed E-state index contributed by atoms with van der Waals surface area (Å²) in [6.45, 7) is 8.93. The van der Waals surface area contributed by atoms with Gasteiger partial charge in [0.2, 0.25) is 5.91 Å². The van der Waals surface area contributed by atoms with Gasteiger partial charge >= 0.3 is 0 Å². The molecule has 44 heavy (non-hydrogen) atoms. The summed E-state index contributed by atoms with van der Waals surface area (Å²) in [5, 5.41) is 26.6. The lowest BCUT2D eigenvalue weighted by molar-refractivity contribution is -0.121. The van der Waals surface area contributed by atoms with Gasteiger partial charge in [0.25, 0.3) is 11.5 Å². The van der Waals surface area contributed by atoms with Crippen LogP contribution in [0.2, 0.25) is 0 Å². The summed E-state index contributed by atoms with van der Waals surface area (Å²) in [6.07, 6.45) is 2.21. The summed E-state index contributed by atoms with van der Waals surface area (Å²) < 4.78 is 1.27. The standard InChI is InChI=1S/C29H38N8O4.CH4.2ClH/c1-6-17(5)36-28(40)20-8-18(9-21(30)10-20)23-13-34-27(35-15(2)3)29(41)37(23)14-25(39)33-12-22-16(4)7-19(26(31)32)11-24(22)38;;;/h7-11,13,15,17,38H,6,12,14,30H2,1-5H3,(H3,31,32)(H,33,39)(H,34,35)(H,36,40);1H4;2*1H/t17-;;;/m0.../s1. The number of nitrogens with zero attached hydrogens (tertiary/aromatic N) is 2. The second-order valence-corrected chi connectivity index (χ2v) is 10.3. The predicted molar refractivity (Wildman–Crippen MR) is 181 cm³/mol. The number of aryl methyl sites for hydroxylation is 1. The number of amides is 2. The van der Waals surface area contributed by atoms with E-state index >= 15 is 0 Å². The van der Waals surface area contributed by atoms with Crippen LogP contribution in [0.1, 0.15) is 68.6 Å². The molecule has 0 aliphatic carbocycles. The normalized spacial score (nSPS) is 10.9. The van der Waals surface area contributed by atoms with Gasteiger partial charge in [0.15, 0.2) is 5.82 Å². The van der Waals surface area contributed by atoms with Crippen molar-refractivity contribution < 1.29 is 14.7 Å². The van der Waals surface area contributed by atoms with Gasteiger partial charge in [-0.3, -0.25) is 24.4 Å². The molecule has 9 N–H and O–H groups in total. The third-order valence-electron chi connectivity index (χ3n) is 6.51. The number of rotatable bonds is 11. The number of carbonyl (C=O) groups is 2. The smallest absolute Gasteiger partial charge is 0.294 e. The van der Waals surface area contributed by atoms with Crippen LogP contribution in [0.4, 0.5) is 11.5 Å². The third-order valence-corrected chi connectivity index (χ3v) is 6.51. The van der Waals surface area contributed by atoms with E-state index < -0.39 is 11.5 Å². The van der Waals surface area contributed by atoms with Crippen molar-refractivity contribution >= 4 is 54.0 Å². The zero-order valence-electron chi connectivity index (χ0n) is 24.8. The number of nitrogens with one attached hydrogen (secondary N) is 4. The topological polar surface area (TPSA) is 201 Å². The molecule has 2 aromatic carbocycles. The Balaban J connectivity index is 0.00000616. The van der Waals surface area contributed by atoms with E-state index in [0.717, 1.165) is 6.42 Å². The summed E-state index contributed by atoms with van der Waals surface area (Å²) in [5.74, 6) is -1.02. The fourth-order valence-electron chi connectivity index (χ4n) is 4.16. The van der Waals surface area contributed by atoms with Crippen molar-refractivity contribution in [1.82, 2.24) is 20.2 Å². The van der Waals surface area contributed by atoms with Gasteiger partial charge < -0.3 is 32.5 Å². The molecule has 12 nitrogen and oxygen atoms in total. The van der Waals surface area contributed by atoms with Crippen molar-refractivity contribution in [3.05, 3.63) is 69.1 Å². The fraction of sp³-hybridized carbons (Fsp3) is 0.367. The number of carbonyl (C=O) groups excluding carboxylic acids is 2. The molecule has 0 aliphatic heterocycles. The third kappa shape index (κ3) is 9.88. The minimum atomic E-state index is -0.524. The molecule has 0 bridgehead atoms. The number of benzene rings is 2. The lowest BCUT2D eigenvalue weighted by atomic mass is 10.0. The van der Waals surface area contributed by atoms with Crippen molar-refractivity contribution in [2.45, 2.75) is 73.6 Å². The van der Waals surface area contributed by atoms with Crippen LogP contribution in [-0.4, -0.2) is 44.4 Å². The van der Waals surface area contributed by atoms with Crippen LogP contribution in [0.3, 0.4) is 0 Å². The number of phenols is 1. The monoisotopic (exact) mass is 650 g/mol. The molecule has 0 aliphatic rings. The molecular weight excluding hydrogens is 607 g/mol. The number of nitrogen functional groups attached to an aromatic ring is 2. The Bertz CT molecular complexity index is 1520. The first kappa shape index (κ1) is 39.7. The number of anilines is 2. The van der Waals surface area contributed by atoms with Gasteiger partial charge in [-0.05, 0) is 70.0 Å². The van der Waals surface area contributed by atoms with Crippen LogP contribution >= 0.6 is 24.8 Å². The summed E-state index contributed by atoms with van der Waals surface area (Å²) in [6, 6.07) is 7.64. The van der Waals surface area contributed by atoms with E-state index in [1.165, 1.54) is 16.8 Å². The van der Waals surface area contributed by atoms with Gasteiger partial charge in [-0.1, -0.05) is 14.4 Å². The number of aromatic hydroxyl groups is 1. The molecule has 1 atom stereocenters. The molecule has 0 unspecified atom stereocenters. The Labute approximate surface area is 270 Å². The number of aromatic nitrogens is 2. The molecule has 3 rings (SSSR count). The maximum atomic E-state index is 13.5. The quantitative estimate of drug-likeness (QED) is 0.0918. The van der Waals surface area contributed by atoms with E-state index in [4.69, 9.17) is 16.9 Å². The van der Waals surface area contributed by atoms with Gasteiger partial charge in [-0.15, -0.1) is 24.8 Å². The van der Waals surface area contributed by atoms with Gasteiger partial charge in [0, 0.05) is 46.6 Å². The summed E-state index contributed by atoms with van der Waals surface area (Å²) >= 11 is 0. The summed E-state index contributed by atoms with van der Waals surface area (Å²) in [5.41, 5.74) is 14.0. The SMILES string of the molecule is C.CC[C@H](C)NC(=O)c1cc(N)cc(-c2cnc(NC(C)C)c(=O)n2CC(=O)NCc2c(C)cc(C(=N)N)cc2O)c1.Cl.Cl. The number of hydrogen-bond donors (Lipinski definition) is 7. The first-order valence-corrected chi connectivity index (χ1v) is 13.3. The van der Waals surface area contributed by atoms with Crippen LogP contribution in [0.15, 0.2) is 41.3 Å². The first-order valence-electron chi connectivity index (χ1n) is 13.3. The highest BCUT2D eigenvalue weighted by Gasteiger charge is 2.19. The van der Waals surface area contributed by atoms with E-state index in [-0.39, 0.29) is 80.7 Å². The molecular formula is C30H44Cl2N8O4. The average molecular weight is 652 g/mol. The summed E-state index contributed by atoms with van der Waals surface area (Å²) in [4.78, 5) is 43.7. The van der Waals surface area contributed by atoms with E-state index in [2.05, 4.69) is 20.9 Å². The van der Waals surface area contributed by atoms with Crippen molar-refractivity contribution in [2.75, 3.05) is 11.1 Å². The van der Waals surface area contributed by atoms with Crippen molar-refractivity contribution in [2.24, 2.45) is 5.73 Å². The Hall–Kier alpha value is -4.29. The molecule has 0 spiro atoms. The van der Waals surface area contributed by atoms with Gasteiger partial charge in [0.1, 0.15) is 18.1 Å². The molecule has 0 radical (unpaired) electrons. The van der Waals surface area contributed by atoms with Crippen LogP contribution in [-0.2, 0) is 17.9 Å². The molecule has 0 saturated carbocycles. The average Bonchev–Trinajstić information content (AvgIpc) is 2.89. The number of amidine groups is 1. The second-order valence-electron chi connectivity index (χ2n) is 10.3. The van der Waals surface area contributed by atoms with Gasteiger partial charge in [0.05, 0.1) is 11.9 Å². The zero-order valence-corrected chi connectivity index (χ0v) is 26.4. The largest absolute Gasteiger partial charge is 0.508 e. The lowest BCUT2D eigenvalue weighted by Crippen LogP contribution is -2.35. The second kappa shape index (κ2) is 17.1. The minimum Gasteiger partial charge on any atom is -0.508 e. The predicted octanol–water partition coefficient (Wildman–Crippen LogP) is 3.94. The Morgan fingerprint density at radius 3 is 2.32 bits per heavy atom. The summed E-state index contributed by atoms with van der Waals surface area (Å²) in [7, 11) is 0. The highest BCUT2D eigenvalue weighted by Crippen LogP contribution is 2.25. The van der Waals surface area contributed by atoms with Crippen LogP contribution in [0.5, 0.6) is 5.75 Å². The minimum absolute atomic E-state index is 0. The molecule has 2 amide bonds. The van der Waals surface area contributed by atoms with Crippen LogP contribution in [0, 0.1) is 12.3 Å². The molecule has 0 fully saturated rings. The van der Waals surface area contributed by atoms with Crippen molar-refractivity contribution in [3.63, 3.8) is 0 Å². The molecule has 3 aromatic rings. The Kier molecular flexibility index (Phi) is 15.4. The van der Waals surface area contributed by atoms with Gasteiger partial charge in [-0.2, -0.15) is 0 Å². The van der Waals surface area contributed by atoms with Crippen LogP contribution in [0.25, 0.3) is 11.3 Å².